The molecule has 0 fully saturated rings. The van der Waals surface area contributed by atoms with E-state index in [1.54, 1.807) is 43.3 Å². The van der Waals surface area contributed by atoms with Crippen LogP contribution >= 0.6 is 12.2 Å². The number of carbonyl (C=O) groups excluding carboxylic acids is 1. The molecule has 1 aliphatic rings. The van der Waals surface area contributed by atoms with Gasteiger partial charge in [-0.25, -0.2) is 0 Å². The van der Waals surface area contributed by atoms with Crippen LogP contribution in [-0.4, -0.2) is 17.5 Å². The average Bonchev–Trinajstić information content (AvgIpc) is 2.61. The summed E-state index contributed by atoms with van der Waals surface area (Å²) >= 11 is 5.21. The van der Waals surface area contributed by atoms with Crippen molar-refractivity contribution in [2.45, 2.75) is 19.6 Å². The van der Waals surface area contributed by atoms with E-state index in [4.69, 9.17) is 12.2 Å². The maximum absolute atomic E-state index is 13.0. The highest BCUT2D eigenvalue weighted by atomic mass is 32.1. The number of carbonyl (C=O) groups is 1. The molecule has 1 heterocycles. The van der Waals surface area contributed by atoms with Crippen LogP contribution < -0.4 is 15.4 Å². The molecule has 0 amide bonds. The number of halogens is 2. The van der Waals surface area contributed by atoms with Crippen molar-refractivity contribution in [2.24, 2.45) is 0 Å². The predicted molar refractivity (Wildman–Crippen MR) is 98.2 cm³/mol. The molecule has 7 heteroatoms. The Morgan fingerprint density at radius 2 is 1.77 bits per heavy atom. The number of ether oxygens (including phenoxy) is 1. The van der Waals surface area contributed by atoms with Crippen LogP contribution in [-0.2, 0) is 0 Å². The first-order valence-corrected chi connectivity index (χ1v) is 8.29. The first kappa shape index (κ1) is 18.0. The normalized spacial score (nSPS) is 16.9. The van der Waals surface area contributed by atoms with E-state index < -0.39 is 12.7 Å². The smallest absolute Gasteiger partial charge is 0.387 e. The Labute approximate surface area is 154 Å². The summed E-state index contributed by atoms with van der Waals surface area (Å²) in [5.74, 6) is -0.0830. The fourth-order valence-corrected chi connectivity index (χ4v) is 3.10. The van der Waals surface area contributed by atoms with Crippen LogP contribution in [0.25, 0.3) is 0 Å². The van der Waals surface area contributed by atoms with E-state index >= 15 is 0 Å². The minimum absolute atomic E-state index is 0.0527. The van der Waals surface area contributed by atoms with E-state index in [0.717, 1.165) is 0 Å². The topological polar surface area (TPSA) is 50.4 Å². The summed E-state index contributed by atoms with van der Waals surface area (Å²) in [6.45, 7) is -1.10. The monoisotopic (exact) mass is 374 g/mol. The zero-order valence-electron chi connectivity index (χ0n) is 13.8. The first-order chi connectivity index (χ1) is 12.5. The highest BCUT2D eigenvalue weighted by Gasteiger charge is 2.30. The van der Waals surface area contributed by atoms with Crippen LogP contribution in [0, 0.1) is 0 Å². The third-order valence-electron chi connectivity index (χ3n) is 3.99. The minimum Gasteiger partial charge on any atom is -0.435 e. The Morgan fingerprint density at radius 3 is 2.38 bits per heavy atom. The molecule has 0 saturated heterocycles. The van der Waals surface area contributed by atoms with E-state index in [-0.39, 0.29) is 11.5 Å². The molecule has 0 bridgehead atoms. The third-order valence-corrected chi connectivity index (χ3v) is 4.21. The summed E-state index contributed by atoms with van der Waals surface area (Å²) in [5, 5.41) is 6.44. The SMILES string of the molecule is CC1=C(C(=O)c2ccccc2)[C@H](c2ccc(OC(F)F)cc2)NC(=S)N1. The molecule has 0 aromatic heterocycles. The lowest BCUT2D eigenvalue weighted by molar-refractivity contribution is -0.0498. The van der Waals surface area contributed by atoms with Gasteiger partial charge in [-0.2, -0.15) is 8.78 Å². The molecule has 0 unspecified atom stereocenters. The van der Waals surface area contributed by atoms with Crippen molar-refractivity contribution in [3.63, 3.8) is 0 Å². The molecule has 2 aromatic rings. The lowest BCUT2D eigenvalue weighted by Crippen LogP contribution is -2.44. The summed E-state index contributed by atoms with van der Waals surface area (Å²) in [6.07, 6.45) is 0. The van der Waals surface area contributed by atoms with E-state index in [1.807, 2.05) is 6.07 Å². The summed E-state index contributed by atoms with van der Waals surface area (Å²) in [6, 6.07) is 14.6. The molecule has 0 spiro atoms. The van der Waals surface area contributed by atoms with Gasteiger partial charge in [0.25, 0.3) is 0 Å². The number of hydrogen-bond donors (Lipinski definition) is 2. The molecule has 0 aliphatic carbocycles. The predicted octanol–water partition coefficient (Wildman–Crippen LogP) is 3.96. The van der Waals surface area contributed by atoms with E-state index in [9.17, 15) is 13.6 Å². The quantitative estimate of drug-likeness (QED) is 0.613. The van der Waals surface area contributed by atoms with Gasteiger partial charge in [0.05, 0.1) is 6.04 Å². The van der Waals surface area contributed by atoms with Crippen LogP contribution in [0.5, 0.6) is 5.75 Å². The molecule has 2 aromatic carbocycles. The number of nitrogens with one attached hydrogen (secondary N) is 2. The van der Waals surface area contributed by atoms with Crippen LogP contribution in [0.4, 0.5) is 8.78 Å². The zero-order valence-corrected chi connectivity index (χ0v) is 14.6. The molecule has 4 nitrogen and oxygen atoms in total. The molecule has 2 N–H and O–H groups in total. The van der Waals surface area contributed by atoms with Crippen LogP contribution in [0.1, 0.15) is 28.9 Å². The highest BCUT2D eigenvalue weighted by molar-refractivity contribution is 7.80. The molecule has 1 atom stereocenters. The fraction of sp³-hybridized carbons (Fsp3) is 0.158. The summed E-state index contributed by atoms with van der Waals surface area (Å²) < 4.78 is 29.0. The second-order valence-electron chi connectivity index (χ2n) is 5.71. The van der Waals surface area contributed by atoms with Gasteiger partial charge in [-0.05, 0) is 36.8 Å². The largest absolute Gasteiger partial charge is 0.435 e. The number of Topliss-reactive ketones (excluding diaryl/α,β-unsaturated/α-hetero) is 1. The second-order valence-corrected chi connectivity index (χ2v) is 6.12. The Balaban J connectivity index is 1.96. The summed E-state index contributed by atoms with van der Waals surface area (Å²) in [5.41, 5.74) is 2.45. The second kappa shape index (κ2) is 7.61. The Kier molecular flexibility index (Phi) is 5.27. The Bertz CT molecular complexity index is 852. The summed E-state index contributed by atoms with van der Waals surface area (Å²) in [4.78, 5) is 13.0. The van der Waals surface area contributed by atoms with Crippen molar-refractivity contribution < 1.29 is 18.3 Å². The molecule has 26 heavy (non-hydrogen) atoms. The van der Waals surface area contributed by atoms with Crippen molar-refractivity contribution in [1.29, 1.82) is 0 Å². The van der Waals surface area contributed by atoms with Gasteiger partial charge in [-0.3, -0.25) is 4.79 Å². The number of alkyl halides is 2. The lowest BCUT2D eigenvalue weighted by atomic mass is 9.90. The number of benzene rings is 2. The van der Waals surface area contributed by atoms with Gasteiger partial charge in [0.15, 0.2) is 10.9 Å². The Morgan fingerprint density at radius 1 is 1.12 bits per heavy atom. The van der Waals surface area contributed by atoms with Crippen molar-refractivity contribution in [1.82, 2.24) is 10.6 Å². The van der Waals surface area contributed by atoms with Gasteiger partial charge in [0.2, 0.25) is 0 Å². The van der Waals surface area contributed by atoms with Gasteiger partial charge in [0, 0.05) is 16.8 Å². The number of hydrogen-bond acceptors (Lipinski definition) is 3. The molecule has 134 valence electrons. The van der Waals surface area contributed by atoms with Gasteiger partial charge in [0.1, 0.15) is 5.75 Å². The zero-order chi connectivity index (χ0) is 18.7. The number of ketones is 1. The number of thiocarbonyl (C=S) groups is 1. The van der Waals surface area contributed by atoms with Crippen LogP contribution in [0.2, 0.25) is 0 Å². The van der Waals surface area contributed by atoms with E-state index in [1.165, 1.54) is 12.1 Å². The standard InChI is InChI=1S/C19H16F2N2O2S/c1-11-15(17(24)13-5-3-2-4-6-13)16(23-19(26)22-11)12-7-9-14(10-8-12)25-18(20)21/h2-10,16,18H,1H3,(H2,22,23,26)/t16-/m0/s1. The molecular formula is C19H16F2N2O2S. The Hall–Kier alpha value is -2.80. The molecule has 1 aliphatic heterocycles. The first-order valence-electron chi connectivity index (χ1n) is 7.88. The fourth-order valence-electron chi connectivity index (χ4n) is 2.83. The van der Waals surface area contributed by atoms with Crippen molar-refractivity contribution in [2.75, 3.05) is 0 Å². The lowest BCUT2D eigenvalue weighted by Gasteiger charge is -2.30. The summed E-state index contributed by atoms with van der Waals surface area (Å²) in [7, 11) is 0. The third kappa shape index (κ3) is 3.88. The van der Waals surface area contributed by atoms with E-state index in [2.05, 4.69) is 15.4 Å². The molecular weight excluding hydrogens is 358 g/mol. The van der Waals surface area contributed by atoms with Crippen molar-refractivity contribution in [3.05, 3.63) is 77.0 Å². The molecule has 0 saturated carbocycles. The number of rotatable bonds is 5. The van der Waals surface area contributed by atoms with Gasteiger partial charge in [-0.15, -0.1) is 0 Å². The maximum atomic E-state index is 13.0. The van der Waals surface area contributed by atoms with Crippen LogP contribution in [0.15, 0.2) is 65.9 Å². The van der Waals surface area contributed by atoms with Gasteiger partial charge >= 0.3 is 6.61 Å². The van der Waals surface area contributed by atoms with Crippen molar-refractivity contribution >= 4 is 23.1 Å². The average molecular weight is 374 g/mol. The number of allylic oxidation sites excluding steroid dienone is 1. The molecule has 0 radical (unpaired) electrons. The van der Waals surface area contributed by atoms with Gasteiger partial charge in [-0.1, -0.05) is 42.5 Å². The van der Waals surface area contributed by atoms with Gasteiger partial charge < -0.3 is 15.4 Å². The van der Waals surface area contributed by atoms with E-state index in [0.29, 0.717) is 27.5 Å². The maximum Gasteiger partial charge on any atom is 0.387 e. The molecule has 3 rings (SSSR count). The highest BCUT2D eigenvalue weighted by Crippen LogP contribution is 2.30. The minimum atomic E-state index is -2.89. The van der Waals surface area contributed by atoms with Crippen molar-refractivity contribution in [3.8, 4) is 5.75 Å². The van der Waals surface area contributed by atoms with Crippen LogP contribution in [0.3, 0.4) is 0 Å².